The molecule has 0 radical (unpaired) electrons. The summed E-state index contributed by atoms with van der Waals surface area (Å²) < 4.78 is 0. The second-order valence-corrected chi connectivity index (χ2v) is 6.14. The van der Waals surface area contributed by atoms with Gasteiger partial charge in [0.2, 0.25) is 5.91 Å². The zero-order valence-electron chi connectivity index (χ0n) is 13.1. The number of primary amides is 1. The van der Waals surface area contributed by atoms with Gasteiger partial charge in [0.05, 0.1) is 0 Å². The van der Waals surface area contributed by atoms with Crippen molar-refractivity contribution in [1.82, 2.24) is 4.90 Å². The second-order valence-electron chi connectivity index (χ2n) is 5.70. The molecule has 3 rings (SSSR count). The lowest BCUT2D eigenvalue weighted by Gasteiger charge is -2.36. The van der Waals surface area contributed by atoms with E-state index in [9.17, 15) is 9.59 Å². The van der Waals surface area contributed by atoms with Gasteiger partial charge in [0.15, 0.2) is 0 Å². The monoisotopic (exact) mass is 343 g/mol. The highest BCUT2D eigenvalue weighted by Crippen LogP contribution is 2.19. The summed E-state index contributed by atoms with van der Waals surface area (Å²) >= 11 is 5.95. The van der Waals surface area contributed by atoms with Gasteiger partial charge in [-0.3, -0.25) is 9.59 Å². The number of nitrogens with two attached hydrogens (primary N) is 1. The first-order chi connectivity index (χ1) is 11.5. The third-order valence-corrected chi connectivity index (χ3v) is 4.39. The van der Waals surface area contributed by atoms with Gasteiger partial charge >= 0.3 is 0 Å². The molecule has 1 heterocycles. The van der Waals surface area contributed by atoms with Crippen LogP contribution in [0, 0.1) is 0 Å². The fraction of sp³-hybridized carbons (Fsp3) is 0.222. The van der Waals surface area contributed by atoms with Crippen molar-refractivity contribution in [1.29, 1.82) is 0 Å². The molecule has 0 aromatic heterocycles. The molecule has 0 spiro atoms. The van der Waals surface area contributed by atoms with Crippen LogP contribution < -0.4 is 10.6 Å². The number of nitrogens with zero attached hydrogens (tertiary/aromatic N) is 2. The van der Waals surface area contributed by atoms with Gasteiger partial charge in [0.1, 0.15) is 0 Å². The average Bonchev–Trinajstić information content (AvgIpc) is 2.61. The number of halogens is 1. The Balaban J connectivity index is 1.63. The fourth-order valence-electron chi connectivity index (χ4n) is 2.81. The van der Waals surface area contributed by atoms with Gasteiger partial charge in [-0.25, -0.2) is 0 Å². The van der Waals surface area contributed by atoms with Crippen LogP contribution in [0.3, 0.4) is 0 Å². The van der Waals surface area contributed by atoms with Crippen molar-refractivity contribution in [2.45, 2.75) is 0 Å². The number of benzene rings is 2. The van der Waals surface area contributed by atoms with Crippen molar-refractivity contribution in [3.05, 3.63) is 64.7 Å². The first kappa shape index (κ1) is 16.3. The van der Waals surface area contributed by atoms with E-state index in [0.29, 0.717) is 29.2 Å². The van der Waals surface area contributed by atoms with Crippen LogP contribution >= 0.6 is 11.6 Å². The van der Waals surface area contributed by atoms with Crippen LogP contribution in [-0.2, 0) is 0 Å². The summed E-state index contributed by atoms with van der Waals surface area (Å²) in [6.07, 6.45) is 0. The van der Waals surface area contributed by atoms with Crippen molar-refractivity contribution in [2.75, 3.05) is 31.1 Å². The topological polar surface area (TPSA) is 66.6 Å². The molecule has 0 atom stereocenters. The molecule has 2 amide bonds. The molecular weight excluding hydrogens is 326 g/mol. The van der Waals surface area contributed by atoms with Gasteiger partial charge < -0.3 is 15.5 Å². The number of hydrogen-bond donors (Lipinski definition) is 1. The van der Waals surface area contributed by atoms with Crippen LogP contribution in [0.5, 0.6) is 0 Å². The van der Waals surface area contributed by atoms with E-state index in [1.54, 1.807) is 36.4 Å². The molecule has 5 nitrogen and oxygen atoms in total. The number of piperazine rings is 1. The van der Waals surface area contributed by atoms with Crippen LogP contribution in [-0.4, -0.2) is 42.9 Å². The standard InChI is InChI=1S/C18H18ClN3O2/c19-15-3-1-2-14(12-15)18(24)22-10-8-21(9-11-22)16-6-4-13(5-7-16)17(20)23/h1-7,12H,8-11H2,(H2,20,23). The zero-order chi connectivity index (χ0) is 17.1. The van der Waals surface area contributed by atoms with Gasteiger partial charge in [0.25, 0.3) is 5.91 Å². The minimum Gasteiger partial charge on any atom is -0.368 e. The molecule has 0 bridgehead atoms. The Labute approximate surface area is 145 Å². The SMILES string of the molecule is NC(=O)c1ccc(N2CCN(C(=O)c3cccc(Cl)c3)CC2)cc1. The van der Waals surface area contributed by atoms with Crippen LogP contribution in [0.1, 0.15) is 20.7 Å². The number of carbonyl (C=O) groups excluding carboxylic acids is 2. The van der Waals surface area contributed by atoms with Gasteiger partial charge in [-0.1, -0.05) is 17.7 Å². The Morgan fingerprint density at radius 2 is 1.58 bits per heavy atom. The first-order valence-corrected chi connectivity index (χ1v) is 8.12. The molecule has 0 aliphatic carbocycles. The molecular formula is C18H18ClN3O2. The van der Waals surface area contributed by atoms with E-state index in [1.807, 2.05) is 17.0 Å². The molecule has 6 heteroatoms. The smallest absolute Gasteiger partial charge is 0.254 e. The molecule has 124 valence electrons. The summed E-state index contributed by atoms with van der Waals surface area (Å²) in [5.41, 5.74) is 7.38. The Hall–Kier alpha value is -2.53. The fourth-order valence-corrected chi connectivity index (χ4v) is 3.00. The van der Waals surface area contributed by atoms with E-state index in [1.165, 1.54) is 0 Å². The summed E-state index contributed by atoms with van der Waals surface area (Å²) in [6.45, 7) is 2.76. The minimum absolute atomic E-state index is 0.00114. The molecule has 0 saturated carbocycles. The summed E-state index contributed by atoms with van der Waals surface area (Å²) in [4.78, 5) is 27.7. The summed E-state index contributed by atoms with van der Waals surface area (Å²) in [6, 6.07) is 14.2. The van der Waals surface area contributed by atoms with Gasteiger partial charge in [-0.15, -0.1) is 0 Å². The molecule has 0 unspecified atom stereocenters. The van der Waals surface area contributed by atoms with E-state index in [2.05, 4.69) is 4.90 Å². The van der Waals surface area contributed by atoms with Crippen molar-refractivity contribution < 1.29 is 9.59 Å². The normalized spacial score (nSPS) is 14.5. The van der Waals surface area contributed by atoms with Gasteiger partial charge in [0, 0.05) is 48.0 Å². The maximum Gasteiger partial charge on any atom is 0.254 e. The number of rotatable bonds is 3. The van der Waals surface area contributed by atoms with Crippen molar-refractivity contribution in [3.63, 3.8) is 0 Å². The second kappa shape index (κ2) is 6.93. The highest BCUT2D eigenvalue weighted by molar-refractivity contribution is 6.30. The van der Waals surface area contributed by atoms with E-state index >= 15 is 0 Å². The third-order valence-electron chi connectivity index (χ3n) is 4.16. The predicted molar refractivity (Wildman–Crippen MR) is 94.5 cm³/mol. The lowest BCUT2D eigenvalue weighted by molar-refractivity contribution is 0.0746. The van der Waals surface area contributed by atoms with E-state index in [-0.39, 0.29) is 5.91 Å². The lowest BCUT2D eigenvalue weighted by Crippen LogP contribution is -2.48. The van der Waals surface area contributed by atoms with Crippen LogP contribution in [0.25, 0.3) is 0 Å². The molecule has 1 fully saturated rings. The minimum atomic E-state index is -0.432. The Morgan fingerprint density at radius 3 is 2.17 bits per heavy atom. The molecule has 2 aromatic rings. The molecule has 24 heavy (non-hydrogen) atoms. The van der Waals surface area contributed by atoms with Gasteiger partial charge in [-0.2, -0.15) is 0 Å². The quantitative estimate of drug-likeness (QED) is 0.930. The highest BCUT2D eigenvalue weighted by Gasteiger charge is 2.22. The predicted octanol–water partition coefficient (Wildman–Crippen LogP) is 2.40. The number of anilines is 1. The Kier molecular flexibility index (Phi) is 4.71. The largest absolute Gasteiger partial charge is 0.368 e. The lowest BCUT2D eigenvalue weighted by atomic mass is 10.1. The highest BCUT2D eigenvalue weighted by atomic mass is 35.5. The zero-order valence-corrected chi connectivity index (χ0v) is 13.9. The average molecular weight is 344 g/mol. The van der Waals surface area contributed by atoms with Crippen LogP contribution in [0.2, 0.25) is 5.02 Å². The van der Waals surface area contributed by atoms with Crippen LogP contribution in [0.4, 0.5) is 5.69 Å². The number of hydrogen-bond acceptors (Lipinski definition) is 3. The summed E-state index contributed by atoms with van der Waals surface area (Å²) in [5.74, 6) is -0.431. The van der Waals surface area contributed by atoms with E-state index in [4.69, 9.17) is 17.3 Å². The number of carbonyl (C=O) groups is 2. The molecule has 1 saturated heterocycles. The van der Waals surface area contributed by atoms with Crippen molar-refractivity contribution in [3.8, 4) is 0 Å². The molecule has 2 N–H and O–H groups in total. The van der Waals surface area contributed by atoms with E-state index in [0.717, 1.165) is 18.8 Å². The summed E-state index contributed by atoms with van der Waals surface area (Å²) in [5, 5.41) is 0.564. The number of amides is 2. The maximum absolute atomic E-state index is 12.5. The van der Waals surface area contributed by atoms with Gasteiger partial charge in [-0.05, 0) is 42.5 Å². The van der Waals surface area contributed by atoms with Crippen LogP contribution in [0.15, 0.2) is 48.5 Å². The molecule has 2 aromatic carbocycles. The first-order valence-electron chi connectivity index (χ1n) is 7.74. The van der Waals surface area contributed by atoms with Crippen molar-refractivity contribution >= 4 is 29.1 Å². The molecule has 1 aliphatic rings. The maximum atomic E-state index is 12.5. The molecule has 1 aliphatic heterocycles. The van der Waals surface area contributed by atoms with Crippen molar-refractivity contribution in [2.24, 2.45) is 5.73 Å². The third kappa shape index (κ3) is 3.51. The summed E-state index contributed by atoms with van der Waals surface area (Å²) in [7, 11) is 0. The Bertz CT molecular complexity index is 753. The van der Waals surface area contributed by atoms with E-state index < -0.39 is 5.91 Å². The Morgan fingerprint density at radius 1 is 0.917 bits per heavy atom.